The van der Waals surface area contributed by atoms with E-state index >= 15 is 0 Å². The van der Waals surface area contributed by atoms with Gasteiger partial charge in [0.25, 0.3) is 0 Å². The fraction of sp³-hybridized carbons (Fsp3) is 0.679. The lowest BCUT2D eigenvalue weighted by Gasteiger charge is -2.40. The Morgan fingerprint density at radius 2 is 1.89 bits per heavy atom. The molecule has 0 saturated carbocycles. The molecular formula is C28H40N2O5S. The van der Waals surface area contributed by atoms with E-state index in [4.69, 9.17) is 4.74 Å². The molecule has 6 atom stereocenters. The van der Waals surface area contributed by atoms with E-state index < -0.39 is 34.2 Å². The van der Waals surface area contributed by atoms with Gasteiger partial charge in [-0.3, -0.25) is 14.4 Å². The molecule has 8 heteroatoms. The second-order valence-electron chi connectivity index (χ2n) is 12.3. The first-order chi connectivity index (χ1) is 16.8. The molecule has 1 aromatic rings. The van der Waals surface area contributed by atoms with Crippen molar-refractivity contribution in [1.29, 1.82) is 0 Å². The maximum absolute atomic E-state index is 14.2. The van der Waals surface area contributed by atoms with Crippen molar-refractivity contribution >= 4 is 29.5 Å². The maximum atomic E-state index is 14.2. The number of hydrogen-bond acceptors (Lipinski definition) is 6. The first kappa shape index (κ1) is 27.0. The molecule has 1 spiro atoms. The van der Waals surface area contributed by atoms with Crippen LogP contribution >= 0.6 is 11.8 Å². The fourth-order valence-corrected chi connectivity index (χ4v) is 9.23. The van der Waals surface area contributed by atoms with Crippen molar-refractivity contribution in [3.63, 3.8) is 0 Å². The largest absolute Gasteiger partial charge is 0.466 e. The average Bonchev–Trinajstić information content (AvgIpc) is 3.41. The number of carbonyl (C=O) groups is 3. The van der Waals surface area contributed by atoms with Gasteiger partial charge < -0.3 is 20.1 Å². The zero-order chi connectivity index (χ0) is 26.5. The summed E-state index contributed by atoms with van der Waals surface area (Å²) in [5, 5.41) is 13.7. The number of amides is 2. The second kappa shape index (κ2) is 9.67. The molecule has 2 N–H and O–H groups in total. The van der Waals surface area contributed by atoms with Crippen LogP contribution in [0.15, 0.2) is 30.3 Å². The summed E-state index contributed by atoms with van der Waals surface area (Å²) in [4.78, 5) is 43.0. The van der Waals surface area contributed by atoms with Gasteiger partial charge in [-0.05, 0) is 51.0 Å². The van der Waals surface area contributed by atoms with Gasteiger partial charge in [-0.15, -0.1) is 11.8 Å². The standard InChI is InChI=1S/C28H40N2O5S/c1-7-35-25(34)20-19-13-14-28(36-19)21(20)24(33)30(18(15-31)17-11-9-8-10-12-17)22(28)23(32)29-27(5,6)16-26(2,3)4/h8-12,18-22,31H,7,13-16H2,1-6H3,(H,29,32)/t18-,19-,20+,21+,22?,28?/m1/s1. The van der Waals surface area contributed by atoms with Crippen LogP contribution in [0.5, 0.6) is 0 Å². The van der Waals surface area contributed by atoms with E-state index in [0.29, 0.717) is 6.42 Å². The lowest BCUT2D eigenvalue weighted by atomic mass is 9.71. The molecule has 36 heavy (non-hydrogen) atoms. The summed E-state index contributed by atoms with van der Waals surface area (Å²) in [5.74, 6) is -2.02. The Labute approximate surface area is 218 Å². The predicted octanol–water partition coefficient (Wildman–Crippen LogP) is 3.71. The number of rotatable bonds is 8. The number of fused-ring (bicyclic) bond motifs is 1. The molecular weight excluding hydrogens is 476 g/mol. The van der Waals surface area contributed by atoms with Crippen molar-refractivity contribution in [1.82, 2.24) is 10.2 Å². The quantitative estimate of drug-likeness (QED) is 0.512. The Balaban J connectivity index is 1.77. The number of hydrogen-bond donors (Lipinski definition) is 2. The van der Waals surface area contributed by atoms with Crippen LogP contribution in [0.3, 0.4) is 0 Å². The lowest BCUT2D eigenvalue weighted by molar-refractivity contribution is -0.154. The van der Waals surface area contributed by atoms with Crippen molar-refractivity contribution in [3.8, 4) is 0 Å². The highest BCUT2D eigenvalue weighted by molar-refractivity contribution is 8.02. The van der Waals surface area contributed by atoms with Crippen LogP contribution in [0, 0.1) is 17.3 Å². The fourth-order valence-electron chi connectivity index (χ4n) is 7.03. The molecule has 2 unspecified atom stereocenters. The number of nitrogens with one attached hydrogen (secondary N) is 1. The highest BCUT2D eigenvalue weighted by atomic mass is 32.2. The molecule has 3 saturated heterocycles. The Morgan fingerprint density at radius 3 is 2.47 bits per heavy atom. The van der Waals surface area contributed by atoms with Crippen molar-refractivity contribution in [2.45, 2.75) is 88.4 Å². The number of benzene rings is 1. The van der Waals surface area contributed by atoms with Gasteiger partial charge in [-0.2, -0.15) is 0 Å². The Morgan fingerprint density at radius 1 is 1.22 bits per heavy atom. The number of ether oxygens (including phenoxy) is 1. The summed E-state index contributed by atoms with van der Waals surface area (Å²) in [5.41, 5.74) is 0.265. The monoisotopic (exact) mass is 516 g/mol. The highest BCUT2D eigenvalue weighted by Crippen LogP contribution is 2.67. The van der Waals surface area contributed by atoms with Crippen molar-refractivity contribution in [2.24, 2.45) is 17.3 Å². The Kier molecular flexibility index (Phi) is 7.25. The Hall–Kier alpha value is -2.06. The molecule has 4 rings (SSSR count). The van der Waals surface area contributed by atoms with Gasteiger partial charge in [-0.25, -0.2) is 0 Å². The van der Waals surface area contributed by atoms with Crippen LogP contribution < -0.4 is 5.32 Å². The van der Waals surface area contributed by atoms with Crippen molar-refractivity contribution in [2.75, 3.05) is 13.2 Å². The van der Waals surface area contributed by atoms with Crippen LogP contribution in [0.1, 0.15) is 72.4 Å². The van der Waals surface area contributed by atoms with Crippen LogP contribution in [-0.2, 0) is 19.1 Å². The molecule has 3 aliphatic heterocycles. The third-order valence-corrected chi connectivity index (χ3v) is 9.62. The third kappa shape index (κ3) is 4.67. The first-order valence-corrected chi connectivity index (χ1v) is 13.9. The molecule has 198 valence electrons. The summed E-state index contributed by atoms with van der Waals surface area (Å²) >= 11 is 1.61. The molecule has 0 aliphatic carbocycles. The van der Waals surface area contributed by atoms with Gasteiger partial charge in [0.15, 0.2) is 0 Å². The summed E-state index contributed by atoms with van der Waals surface area (Å²) in [7, 11) is 0. The zero-order valence-electron chi connectivity index (χ0n) is 22.2. The SMILES string of the molecule is CCOC(=O)[C@@H]1[C@H]2C(=O)N([C@H](CO)c3ccccc3)C(C(=O)NC(C)(C)CC(C)(C)C)C23CC[C@H]1S3. The van der Waals surface area contributed by atoms with Gasteiger partial charge in [0, 0.05) is 10.8 Å². The normalized spacial score (nSPS) is 30.3. The molecule has 0 radical (unpaired) electrons. The molecule has 7 nitrogen and oxygen atoms in total. The third-order valence-electron chi connectivity index (χ3n) is 7.67. The minimum atomic E-state index is -0.791. The summed E-state index contributed by atoms with van der Waals surface area (Å²) < 4.78 is 4.68. The van der Waals surface area contributed by atoms with Crippen molar-refractivity contribution in [3.05, 3.63) is 35.9 Å². The summed E-state index contributed by atoms with van der Waals surface area (Å²) in [6, 6.07) is 7.87. The number of aliphatic hydroxyl groups is 1. The number of carbonyl (C=O) groups excluding carboxylic acids is 3. The zero-order valence-corrected chi connectivity index (χ0v) is 23.1. The number of thioether (sulfide) groups is 1. The van der Waals surface area contributed by atoms with Gasteiger partial charge >= 0.3 is 5.97 Å². The van der Waals surface area contributed by atoms with Crippen LogP contribution in [0.4, 0.5) is 0 Å². The molecule has 3 fully saturated rings. The van der Waals surface area contributed by atoms with Crippen LogP contribution in [-0.4, -0.2) is 62.6 Å². The van der Waals surface area contributed by atoms with E-state index in [1.807, 2.05) is 44.2 Å². The molecule has 3 heterocycles. The van der Waals surface area contributed by atoms with E-state index in [0.717, 1.165) is 18.4 Å². The van der Waals surface area contributed by atoms with Crippen molar-refractivity contribution < 1.29 is 24.2 Å². The molecule has 0 aromatic heterocycles. The number of likely N-dealkylation sites (tertiary alicyclic amines) is 1. The molecule has 2 amide bonds. The topological polar surface area (TPSA) is 95.9 Å². The minimum absolute atomic E-state index is 0.00394. The van der Waals surface area contributed by atoms with Gasteiger partial charge in [0.1, 0.15) is 6.04 Å². The van der Waals surface area contributed by atoms with Gasteiger partial charge in [-0.1, -0.05) is 51.1 Å². The van der Waals surface area contributed by atoms with E-state index in [1.165, 1.54) is 0 Å². The van der Waals surface area contributed by atoms with E-state index in [9.17, 15) is 19.5 Å². The number of esters is 1. The smallest absolute Gasteiger partial charge is 0.310 e. The molecule has 1 aromatic carbocycles. The van der Waals surface area contributed by atoms with Gasteiger partial charge in [0.2, 0.25) is 11.8 Å². The van der Waals surface area contributed by atoms with Crippen LogP contribution in [0.25, 0.3) is 0 Å². The number of aliphatic hydroxyl groups excluding tert-OH is 1. The Bertz CT molecular complexity index is 1010. The highest BCUT2D eigenvalue weighted by Gasteiger charge is 2.74. The van der Waals surface area contributed by atoms with E-state index in [1.54, 1.807) is 23.6 Å². The van der Waals surface area contributed by atoms with Crippen LogP contribution in [0.2, 0.25) is 0 Å². The molecule has 2 bridgehead atoms. The van der Waals surface area contributed by atoms with Gasteiger partial charge in [0.05, 0.1) is 35.8 Å². The summed E-state index contributed by atoms with van der Waals surface area (Å²) in [6.07, 6.45) is 2.19. The predicted molar refractivity (Wildman–Crippen MR) is 140 cm³/mol. The molecule has 3 aliphatic rings. The number of nitrogens with zero attached hydrogens (tertiary/aromatic N) is 1. The second-order valence-corrected chi connectivity index (χ2v) is 13.9. The average molecular weight is 517 g/mol. The van der Waals surface area contributed by atoms with E-state index in [-0.39, 0.29) is 41.7 Å². The summed E-state index contributed by atoms with van der Waals surface area (Å²) in [6.45, 7) is 12.1. The minimum Gasteiger partial charge on any atom is -0.466 e. The maximum Gasteiger partial charge on any atom is 0.310 e. The lowest BCUT2D eigenvalue weighted by Crippen LogP contribution is -2.58. The first-order valence-electron chi connectivity index (χ1n) is 13.0. The van der Waals surface area contributed by atoms with E-state index in [2.05, 4.69) is 26.1 Å².